The highest BCUT2D eigenvalue weighted by atomic mass is 19.1. The summed E-state index contributed by atoms with van der Waals surface area (Å²) < 4.78 is 18.7. The van der Waals surface area contributed by atoms with Gasteiger partial charge in [0.15, 0.2) is 0 Å². The van der Waals surface area contributed by atoms with Crippen molar-refractivity contribution >= 4 is 22.8 Å². The first-order valence-electron chi connectivity index (χ1n) is 9.43. The highest BCUT2D eigenvalue weighted by Gasteiger charge is 2.19. The van der Waals surface area contributed by atoms with Crippen LogP contribution in [0.1, 0.15) is 18.1 Å². The molecule has 152 valence electrons. The normalized spacial score (nSPS) is 11.9. The lowest BCUT2D eigenvalue weighted by atomic mass is 9.99. The molecule has 6 nitrogen and oxygen atoms in total. The largest absolute Gasteiger partial charge is 0.494 e. The van der Waals surface area contributed by atoms with Gasteiger partial charge in [0, 0.05) is 23.6 Å². The lowest BCUT2D eigenvalue weighted by Gasteiger charge is -2.14. The monoisotopic (exact) mass is 398 g/mol. The molecule has 0 radical (unpaired) electrons. The van der Waals surface area contributed by atoms with Crippen LogP contribution >= 0.6 is 0 Å². The predicted octanol–water partition coefficient (Wildman–Crippen LogP) is 3.31. The van der Waals surface area contributed by atoms with E-state index in [2.05, 4.69) is 10.3 Å². The fourth-order valence-electron chi connectivity index (χ4n) is 3.20. The molecule has 0 aliphatic rings. The van der Waals surface area contributed by atoms with E-state index in [9.17, 15) is 19.1 Å². The lowest BCUT2D eigenvalue weighted by Crippen LogP contribution is -2.34. The average molecular weight is 398 g/mol. The number of carboxylic acid groups (broad SMARTS) is 1. The maximum Gasteiger partial charge on any atom is 0.308 e. The minimum atomic E-state index is -0.971. The van der Waals surface area contributed by atoms with Gasteiger partial charge >= 0.3 is 5.97 Å². The maximum absolute atomic E-state index is 13.3. The van der Waals surface area contributed by atoms with Gasteiger partial charge in [0.25, 0.3) is 0 Å². The molecule has 0 fully saturated rings. The molecule has 3 rings (SSSR count). The number of amides is 1. The van der Waals surface area contributed by atoms with Gasteiger partial charge in [-0.15, -0.1) is 0 Å². The van der Waals surface area contributed by atoms with Crippen LogP contribution in [0.25, 0.3) is 10.9 Å². The van der Waals surface area contributed by atoms with Crippen molar-refractivity contribution in [3.05, 3.63) is 65.6 Å². The Balaban J connectivity index is 1.58. The molecule has 0 saturated heterocycles. The van der Waals surface area contributed by atoms with Crippen LogP contribution in [0.2, 0.25) is 0 Å². The van der Waals surface area contributed by atoms with Crippen molar-refractivity contribution in [2.24, 2.45) is 5.92 Å². The Hall–Kier alpha value is -3.35. The van der Waals surface area contributed by atoms with Gasteiger partial charge in [-0.25, -0.2) is 4.39 Å². The molecular weight excluding hydrogens is 375 g/mol. The fourth-order valence-corrected chi connectivity index (χ4v) is 3.20. The molecule has 1 amide bonds. The third-order valence-corrected chi connectivity index (χ3v) is 4.69. The van der Waals surface area contributed by atoms with Gasteiger partial charge in [-0.1, -0.05) is 12.1 Å². The van der Waals surface area contributed by atoms with Crippen molar-refractivity contribution in [1.82, 2.24) is 10.3 Å². The number of hydrogen-bond donors (Lipinski definition) is 3. The quantitative estimate of drug-likeness (QED) is 0.516. The molecule has 0 aliphatic heterocycles. The van der Waals surface area contributed by atoms with E-state index < -0.39 is 11.9 Å². The summed E-state index contributed by atoms with van der Waals surface area (Å²) >= 11 is 0. The van der Waals surface area contributed by atoms with Crippen molar-refractivity contribution in [3.8, 4) is 5.75 Å². The first kappa shape index (κ1) is 20.4. The number of aromatic amines is 1. The number of aromatic nitrogens is 1. The molecule has 0 spiro atoms. The molecule has 7 heteroatoms. The van der Waals surface area contributed by atoms with Gasteiger partial charge < -0.3 is 20.1 Å². The number of aliphatic carboxylic acids is 1. The van der Waals surface area contributed by atoms with E-state index in [1.54, 1.807) is 24.4 Å². The lowest BCUT2D eigenvalue weighted by molar-refractivity contribution is -0.141. The molecule has 1 atom stereocenters. The molecule has 29 heavy (non-hydrogen) atoms. The minimum absolute atomic E-state index is 0.0262. The average Bonchev–Trinajstić information content (AvgIpc) is 3.08. The van der Waals surface area contributed by atoms with Gasteiger partial charge in [-0.3, -0.25) is 9.59 Å². The van der Waals surface area contributed by atoms with Crippen LogP contribution < -0.4 is 10.1 Å². The number of hydrogen-bond acceptors (Lipinski definition) is 3. The van der Waals surface area contributed by atoms with Crippen LogP contribution in [0.5, 0.6) is 5.75 Å². The van der Waals surface area contributed by atoms with Crippen LogP contribution in [0, 0.1) is 11.7 Å². The molecule has 0 saturated carbocycles. The molecule has 0 bridgehead atoms. The van der Waals surface area contributed by atoms with E-state index in [-0.39, 0.29) is 24.7 Å². The Morgan fingerprint density at radius 2 is 1.97 bits per heavy atom. The second kappa shape index (κ2) is 9.23. The standard InChI is InChI=1S/C22H23FN2O4/c1-2-29-18-6-3-14(4-7-18)9-16(22(27)28)13-25-21(26)10-15-12-24-20-11-17(23)5-8-19(15)20/h3-8,11-12,16,24H,2,9-10,13H2,1H3,(H,25,26)(H,27,28). The fraction of sp³-hybridized carbons (Fsp3) is 0.273. The number of nitrogens with one attached hydrogen (secondary N) is 2. The molecule has 1 unspecified atom stereocenters. The van der Waals surface area contributed by atoms with Gasteiger partial charge in [0.2, 0.25) is 5.91 Å². The van der Waals surface area contributed by atoms with Crippen LogP contribution in [-0.4, -0.2) is 35.1 Å². The number of halogens is 1. The van der Waals surface area contributed by atoms with E-state index in [1.165, 1.54) is 12.1 Å². The molecule has 0 aliphatic carbocycles. The highest BCUT2D eigenvalue weighted by molar-refractivity contribution is 5.89. The Morgan fingerprint density at radius 1 is 1.21 bits per heavy atom. The van der Waals surface area contributed by atoms with Crippen molar-refractivity contribution in [1.29, 1.82) is 0 Å². The molecule has 1 aromatic heterocycles. The number of rotatable bonds is 9. The second-order valence-corrected chi connectivity index (χ2v) is 6.80. The summed E-state index contributed by atoms with van der Waals surface area (Å²) in [5, 5.41) is 13.0. The van der Waals surface area contributed by atoms with E-state index in [0.29, 0.717) is 18.5 Å². The van der Waals surface area contributed by atoms with Crippen LogP contribution in [0.15, 0.2) is 48.7 Å². The highest BCUT2D eigenvalue weighted by Crippen LogP contribution is 2.20. The van der Waals surface area contributed by atoms with E-state index in [0.717, 1.165) is 22.3 Å². The van der Waals surface area contributed by atoms with E-state index in [1.807, 2.05) is 19.1 Å². The summed E-state index contributed by atoms with van der Waals surface area (Å²) in [6, 6.07) is 11.6. The Morgan fingerprint density at radius 3 is 2.66 bits per heavy atom. The molecule has 2 aromatic carbocycles. The summed E-state index contributed by atoms with van der Waals surface area (Å²) in [7, 11) is 0. The first-order chi connectivity index (χ1) is 14.0. The third-order valence-electron chi connectivity index (χ3n) is 4.69. The summed E-state index contributed by atoms with van der Waals surface area (Å²) in [4.78, 5) is 26.8. The Kier molecular flexibility index (Phi) is 6.49. The van der Waals surface area contributed by atoms with E-state index >= 15 is 0 Å². The van der Waals surface area contributed by atoms with Gasteiger partial charge in [0.05, 0.1) is 18.9 Å². The smallest absolute Gasteiger partial charge is 0.308 e. The number of benzene rings is 2. The number of ether oxygens (including phenoxy) is 1. The Labute approximate surface area is 167 Å². The number of carboxylic acids is 1. The van der Waals surface area contributed by atoms with Crippen molar-refractivity contribution in [2.75, 3.05) is 13.2 Å². The maximum atomic E-state index is 13.3. The topological polar surface area (TPSA) is 91.4 Å². The SMILES string of the molecule is CCOc1ccc(CC(CNC(=O)Cc2c[nH]c3cc(F)ccc23)C(=O)O)cc1. The van der Waals surface area contributed by atoms with E-state index in [4.69, 9.17) is 4.74 Å². The summed E-state index contributed by atoms with van der Waals surface area (Å²) in [5.74, 6) is -1.62. The molecule has 3 aromatic rings. The van der Waals surface area contributed by atoms with Crippen molar-refractivity contribution in [3.63, 3.8) is 0 Å². The third kappa shape index (κ3) is 5.34. The zero-order valence-electron chi connectivity index (χ0n) is 16.1. The number of H-pyrrole nitrogens is 1. The molecular formula is C22H23FN2O4. The summed E-state index contributed by atoms with van der Waals surface area (Å²) in [6.45, 7) is 2.48. The zero-order chi connectivity index (χ0) is 20.8. The van der Waals surface area contributed by atoms with Crippen molar-refractivity contribution < 1.29 is 23.8 Å². The first-order valence-corrected chi connectivity index (χ1v) is 9.43. The number of carbonyl (C=O) groups is 2. The molecule has 3 N–H and O–H groups in total. The second-order valence-electron chi connectivity index (χ2n) is 6.80. The van der Waals surface area contributed by atoms with Gasteiger partial charge in [-0.2, -0.15) is 0 Å². The minimum Gasteiger partial charge on any atom is -0.494 e. The summed E-state index contributed by atoms with van der Waals surface area (Å²) in [6.07, 6.45) is 2.05. The van der Waals surface area contributed by atoms with Gasteiger partial charge in [-0.05, 0) is 54.8 Å². The van der Waals surface area contributed by atoms with Crippen molar-refractivity contribution in [2.45, 2.75) is 19.8 Å². The zero-order valence-corrected chi connectivity index (χ0v) is 16.1. The number of fused-ring (bicyclic) bond motifs is 1. The predicted molar refractivity (Wildman–Crippen MR) is 107 cm³/mol. The van der Waals surface area contributed by atoms with Crippen LogP contribution in [-0.2, 0) is 22.4 Å². The van der Waals surface area contributed by atoms with Crippen LogP contribution in [0.4, 0.5) is 4.39 Å². The van der Waals surface area contributed by atoms with Crippen LogP contribution in [0.3, 0.4) is 0 Å². The Bertz CT molecular complexity index is 998. The number of carbonyl (C=O) groups excluding carboxylic acids is 1. The summed E-state index contributed by atoms with van der Waals surface area (Å²) in [5.41, 5.74) is 2.20. The van der Waals surface area contributed by atoms with Gasteiger partial charge in [0.1, 0.15) is 11.6 Å². The molecule has 1 heterocycles.